The summed E-state index contributed by atoms with van der Waals surface area (Å²) in [6.07, 6.45) is -0.723. The molecule has 2 heterocycles. The molecule has 2 unspecified atom stereocenters. The molecule has 2 fully saturated rings. The highest BCUT2D eigenvalue weighted by Gasteiger charge is 2.66. The minimum atomic E-state index is -0.941. The molecule has 6 heteroatoms. The van der Waals surface area contributed by atoms with Crippen LogP contribution in [0.2, 0.25) is 0 Å². The number of hydrogen-bond acceptors (Lipinski definition) is 5. The Morgan fingerprint density at radius 2 is 2.12 bits per heavy atom. The average Bonchev–Trinajstić information content (AvgIpc) is 2.55. The Morgan fingerprint density at radius 3 is 2.69 bits per heavy atom. The fraction of sp³-hybridized carbons (Fsp3) is 1.00. The van der Waals surface area contributed by atoms with Crippen LogP contribution in [-0.4, -0.2) is 51.1 Å². The van der Waals surface area contributed by atoms with Gasteiger partial charge in [0.15, 0.2) is 0 Å². The fourth-order valence-corrected chi connectivity index (χ4v) is 2.34. The summed E-state index contributed by atoms with van der Waals surface area (Å²) in [7, 11) is 7.50. The molecule has 2 bridgehead atoms. The van der Waals surface area contributed by atoms with E-state index in [0.717, 1.165) is 0 Å². The van der Waals surface area contributed by atoms with E-state index in [4.69, 9.17) is 26.9 Å². The average molecular weight is 227 g/mol. The van der Waals surface area contributed by atoms with Gasteiger partial charge < -0.3 is 14.2 Å². The number of ether oxygens (including phenoxy) is 3. The zero-order valence-electron chi connectivity index (χ0n) is 10.1. The lowest BCUT2D eigenvalue weighted by Crippen LogP contribution is -2.52. The quantitative estimate of drug-likeness (QED) is 0.538. The summed E-state index contributed by atoms with van der Waals surface area (Å²) in [6.45, 7) is 5.81. The highest BCUT2D eigenvalue weighted by molar-refractivity contribution is 6.11. The smallest absolute Gasteiger partial charge is 0.242 e. The van der Waals surface area contributed by atoms with Crippen molar-refractivity contribution in [2.75, 3.05) is 7.05 Å². The lowest BCUT2D eigenvalue weighted by atomic mass is 9.93. The molecule has 0 amide bonds. The Morgan fingerprint density at radius 1 is 1.44 bits per heavy atom. The molecule has 0 aliphatic carbocycles. The SMILES string of the molecule is [B][C@@H]1O[C@]2(ONC)C(OC(C)C)C1O[C@@H]2C. The van der Waals surface area contributed by atoms with Gasteiger partial charge in [0.05, 0.1) is 6.10 Å². The van der Waals surface area contributed by atoms with Gasteiger partial charge in [-0.15, -0.1) is 0 Å². The summed E-state index contributed by atoms with van der Waals surface area (Å²) in [4.78, 5) is 5.48. The monoisotopic (exact) mass is 227 g/mol. The molecule has 0 aromatic heterocycles. The van der Waals surface area contributed by atoms with Crippen molar-refractivity contribution in [3.8, 4) is 0 Å². The summed E-state index contributed by atoms with van der Waals surface area (Å²) in [6, 6.07) is -0.506. The molecule has 2 rings (SSSR count). The van der Waals surface area contributed by atoms with Gasteiger partial charge in [-0.1, -0.05) is 0 Å². The lowest BCUT2D eigenvalue weighted by molar-refractivity contribution is -0.315. The lowest BCUT2D eigenvalue weighted by Gasteiger charge is -2.34. The van der Waals surface area contributed by atoms with Gasteiger partial charge in [0, 0.05) is 13.1 Å². The topological polar surface area (TPSA) is 49.0 Å². The molecule has 0 aromatic rings. The van der Waals surface area contributed by atoms with E-state index in [0.29, 0.717) is 0 Å². The third-order valence-corrected chi connectivity index (χ3v) is 2.95. The Labute approximate surface area is 97.1 Å². The minimum Gasteiger partial charge on any atom is -0.367 e. The molecule has 5 atom stereocenters. The third-order valence-electron chi connectivity index (χ3n) is 2.95. The number of hydroxylamine groups is 1. The second-order valence-corrected chi connectivity index (χ2v) is 4.46. The first-order chi connectivity index (χ1) is 7.51. The maximum absolute atomic E-state index is 5.83. The molecule has 2 aliphatic heterocycles. The van der Waals surface area contributed by atoms with Crippen molar-refractivity contribution in [2.24, 2.45) is 0 Å². The zero-order chi connectivity index (χ0) is 11.9. The molecule has 1 N–H and O–H groups in total. The minimum absolute atomic E-state index is 0.0649. The van der Waals surface area contributed by atoms with E-state index in [1.165, 1.54) is 0 Å². The fourth-order valence-electron chi connectivity index (χ4n) is 2.34. The van der Waals surface area contributed by atoms with Crippen LogP contribution in [0.3, 0.4) is 0 Å². The van der Waals surface area contributed by atoms with Crippen LogP contribution in [-0.2, 0) is 19.0 Å². The summed E-state index contributed by atoms with van der Waals surface area (Å²) in [5, 5.41) is 0. The first-order valence-electron chi connectivity index (χ1n) is 5.60. The molecular formula is C10H18BNO4. The van der Waals surface area contributed by atoms with Gasteiger partial charge in [-0.05, 0) is 20.8 Å². The molecule has 0 aromatic carbocycles. The van der Waals surface area contributed by atoms with E-state index in [9.17, 15) is 0 Å². The second-order valence-electron chi connectivity index (χ2n) is 4.46. The van der Waals surface area contributed by atoms with Crippen molar-refractivity contribution in [3.05, 3.63) is 0 Å². The van der Waals surface area contributed by atoms with E-state index >= 15 is 0 Å². The van der Waals surface area contributed by atoms with Crippen LogP contribution in [0, 0.1) is 0 Å². The summed E-state index contributed by atoms with van der Waals surface area (Å²) >= 11 is 0. The van der Waals surface area contributed by atoms with Crippen molar-refractivity contribution >= 4 is 7.85 Å². The Kier molecular flexibility index (Phi) is 3.29. The molecule has 2 radical (unpaired) electrons. The third kappa shape index (κ3) is 1.69. The summed E-state index contributed by atoms with van der Waals surface area (Å²) < 4.78 is 17.2. The van der Waals surface area contributed by atoms with Gasteiger partial charge >= 0.3 is 0 Å². The number of nitrogens with one attached hydrogen (secondary N) is 1. The van der Waals surface area contributed by atoms with Crippen LogP contribution in [0.4, 0.5) is 0 Å². The summed E-state index contributed by atoms with van der Waals surface area (Å²) in [5.41, 5.74) is 2.64. The predicted molar refractivity (Wildman–Crippen MR) is 57.8 cm³/mol. The molecule has 5 nitrogen and oxygen atoms in total. The highest BCUT2D eigenvalue weighted by Crippen LogP contribution is 2.45. The maximum Gasteiger partial charge on any atom is 0.242 e. The Balaban J connectivity index is 2.21. The number of rotatable bonds is 4. The van der Waals surface area contributed by atoms with Crippen LogP contribution < -0.4 is 5.48 Å². The molecule has 2 saturated heterocycles. The maximum atomic E-state index is 5.83. The van der Waals surface area contributed by atoms with Gasteiger partial charge in [0.1, 0.15) is 26.2 Å². The Bertz CT molecular complexity index is 265. The molecular weight excluding hydrogens is 209 g/mol. The van der Waals surface area contributed by atoms with Gasteiger partial charge in [-0.3, -0.25) is 4.84 Å². The molecule has 90 valence electrons. The number of hydrogen-bond donors (Lipinski definition) is 1. The van der Waals surface area contributed by atoms with E-state index in [1.807, 2.05) is 20.8 Å². The van der Waals surface area contributed by atoms with Crippen LogP contribution >= 0.6 is 0 Å². The summed E-state index contributed by atoms with van der Waals surface area (Å²) in [5.74, 6) is -0.941. The van der Waals surface area contributed by atoms with Gasteiger partial charge in [-0.2, -0.15) is 0 Å². The highest BCUT2D eigenvalue weighted by atomic mass is 16.8. The first-order valence-corrected chi connectivity index (χ1v) is 5.60. The van der Waals surface area contributed by atoms with Crippen LogP contribution in [0.5, 0.6) is 0 Å². The molecule has 16 heavy (non-hydrogen) atoms. The van der Waals surface area contributed by atoms with Crippen molar-refractivity contribution in [3.63, 3.8) is 0 Å². The van der Waals surface area contributed by atoms with E-state index in [-0.39, 0.29) is 24.4 Å². The molecule has 2 aliphatic rings. The van der Waals surface area contributed by atoms with Gasteiger partial charge in [0.25, 0.3) is 0 Å². The zero-order valence-corrected chi connectivity index (χ0v) is 10.1. The largest absolute Gasteiger partial charge is 0.367 e. The van der Waals surface area contributed by atoms with Crippen molar-refractivity contribution in [1.29, 1.82) is 0 Å². The van der Waals surface area contributed by atoms with Gasteiger partial charge in [0.2, 0.25) is 5.79 Å². The van der Waals surface area contributed by atoms with Crippen molar-refractivity contribution in [2.45, 2.75) is 57.0 Å². The second kappa shape index (κ2) is 4.27. The number of fused-ring (bicyclic) bond motifs is 2. The predicted octanol–water partition coefficient (Wildman–Crippen LogP) is -0.0606. The van der Waals surface area contributed by atoms with Crippen molar-refractivity contribution < 1.29 is 19.0 Å². The molecule has 0 saturated carbocycles. The van der Waals surface area contributed by atoms with Crippen LogP contribution in [0.25, 0.3) is 0 Å². The first kappa shape index (κ1) is 12.3. The van der Waals surface area contributed by atoms with Crippen LogP contribution in [0.1, 0.15) is 20.8 Å². The van der Waals surface area contributed by atoms with Crippen molar-refractivity contribution in [1.82, 2.24) is 5.48 Å². The Hall–Kier alpha value is -0.135. The normalized spacial score (nSPS) is 46.8. The van der Waals surface area contributed by atoms with E-state index < -0.39 is 11.8 Å². The van der Waals surface area contributed by atoms with E-state index in [2.05, 4.69) is 5.48 Å². The standard InChI is InChI=1S/C10H18BNO4/c1-5(2)13-8-7-9(11)15-10(8,16-12-4)6(3)14-7/h5-9,12H,1-4H3/t6-,7?,8?,9-,10-/m1/s1. The van der Waals surface area contributed by atoms with Gasteiger partial charge in [-0.25, -0.2) is 5.48 Å². The molecule has 0 spiro atoms. The van der Waals surface area contributed by atoms with E-state index in [1.54, 1.807) is 7.05 Å². The van der Waals surface area contributed by atoms with Crippen LogP contribution in [0.15, 0.2) is 0 Å².